The fourth-order valence-corrected chi connectivity index (χ4v) is 2.19. The van der Waals surface area contributed by atoms with Crippen LogP contribution in [0.25, 0.3) is 10.9 Å². The quantitative estimate of drug-likeness (QED) is 0.628. The van der Waals surface area contributed by atoms with Crippen molar-refractivity contribution >= 4 is 28.2 Å². The van der Waals surface area contributed by atoms with Crippen molar-refractivity contribution in [3.63, 3.8) is 0 Å². The summed E-state index contributed by atoms with van der Waals surface area (Å²) >= 11 is 0. The number of hydrogen-bond acceptors (Lipinski definition) is 5. The van der Waals surface area contributed by atoms with Crippen LogP contribution in [-0.2, 0) is 9.59 Å². The van der Waals surface area contributed by atoms with E-state index in [1.54, 1.807) is 0 Å². The summed E-state index contributed by atoms with van der Waals surface area (Å²) in [4.78, 5) is 41.3. The lowest BCUT2D eigenvalue weighted by Crippen LogP contribution is -2.36. The highest BCUT2D eigenvalue weighted by atomic mass is 16.2. The van der Waals surface area contributed by atoms with E-state index in [4.69, 9.17) is 16.7 Å². The Bertz CT molecular complexity index is 1120. The Morgan fingerprint density at radius 2 is 2.33 bits per heavy atom. The van der Waals surface area contributed by atoms with Gasteiger partial charge in [0.2, 0.25) is 0 Å². The largest absolute Gasteiger partial charge is 0.398 e. The molecule has 0 radical (unpaired) electrons. The van der Waals surface area contributed by atoms with Gasteiger partial charge in [-0.2, -0.15) is 0 Å². The zero-order valence-electron chi connectivity index (χ0n) is 18.6. The molecule has 2 N–H and O–H groups in total. The smallest absolute Gasteiger partial charge is 0.264 e. The number of benzene rings is 1. The fraction of sp³-hybridized carbons (Fsp3) is 0.333. The molecule has 0 saturated heterocycles. The number of Topliss-reactive ketones (excluding diaryl/α,β-unsaturated/α-hetero) is 2. The van der Waals surface area contributed by atoms with Crippen LogP contribution in [-0.4, -0.2) is 21.1 Å². The van der Waals surface area contributed by atoms with Crippen molar-refractivity contribution in [2.75, 3.05) is 5.73 Å². The summed E-state index contributed by atoms with van der Waals surface area (Å²) in [5.74, 6) is -2.99. The van der Waals surface area contributed by atoms with Crippen LogP contribution in [0.4, 0.5) is 5.69 Å². The van der Waals surface area contributed by atoms with Crippen LogP contribution in [0.5, 0.6) is 0 Å². The maximum absolute atomic E-state index is 13.2. The van der Waals surface area contributed by atoms with Crippen molar-refractivity contribution in [1.29, 1.82) is 0 Å². The highest BCUT2D eigenvalue weighted by Crippen LogP contribution is 2.24. The zero-order chi connectivity index (χ0) is 22.0. The van der Waals surface area contributed by atoms with Crippen molar-refractivity contribution in [3.05, 3.63) is 34.3 Å². The molecule has 1 fully saturated rings. The number of nitrogens with zero attached hydrogens (tertiary/aromatic N) is 2. The number of rotatable bonds is 1. The molecule has 0 spiro atoms. The fourth-order valence-electron chi connectivity index (χ4n) is 2.19. The summed E-state index contributed by atoms with van der Waals surface area (Å²) in [5.41, 5.74) is 3.79. The van der Waals surface area contributed by atoms with E-state index >= 15 is 0 Å². The van der Waals surface area contributed by atoms with Gasteiger partial charge >= 0.3 is 0 Å². The maximum atomic E-state index is 13.2. The van der Waals surface area contributed by atoms with Gasteiger partial charge < -0.3 is 5.73 Å². The lowest BCUT2D eigenvalue weighted by atomic mass is 9.92. The van der Waals surface area contributed by atoms with Crippen molar-refractivity contribution in [3.8, 4) is 0 Å². The van der Waals surface area contributed by atoms with E-state index in [0.29, 0.717) is 4.57 Å². The van der Waals surface area contributed by atoms with E-state index in [2.05, 4.69) is 4.98 Å². The van der Waals surface area contributed by atoms with E-state index in [0.717, 1.165) is 6.07 Å². The van der Waals surface area contributed by atoms with Gasteiger partial charge in [-0.1, -0.05) is 6.04 Å². The van der Waals surface area contributed by atoms with Crippen LogP contribution < -0.4 is 11.3 Å². The Labute approximate surface area is 131 Å². The van der Waals surface area contributed by atoms with Crippen LogP contribution in [0, 0.1) is 6.85 Å². The molecule has 6 nitrogen and oxygen atoms in total. The van der Waals surface area contributed by atoms with Crippen LogP contribution in [0.1, 0.15) is 42.0 Å². The Morgan fingerprint density at radius 1 is 1.52 bits per heavy atom. The van der Waals surface area contributed by atoms with Gasteiger partial charge in [0.25, 0.3) is 5.56 Å². The Morgan fingerprint density at radius 3 is 3.10 bits per heavy atom. The Hall–Kier alpha value is -2.50. The van der Waals surface area contributed by atoms with E-state index in [-0.39, 0.29) is 5.52 Å². The van der Waals surface area contributed by atoms with Crippen LogP contribution in [0.2, 0.25) is 0 Å². The molecule has 1 aromatic carbocycles. The monoisotopic (exact) mass is 293 g/mol. The molecular weight excluding hydrogens is 270 g/mol. The molecule has 1 saturated carbocycles. The van der Waals surface area contributed by atoms with Gasteiger partial charge in [-0.25, -0.2) is 4.98 Å². The van der Waals surface area contributed by atoms with E-state index in [1.807, 2.05) is 0 Å². The molecule has 0 aliphatic heterocycles. The normalized spacial score (nSPS) is 31.2. The number of aromatic nitrogens is 2. The molecule has 21 heavy (non-hydrogen) atoms. The summed E-state index contributed by atoms with van der Waals surface area (Å²) in [6.07, 6.45) is -5.75. The molecule has 1 aliphatic rings. The minimum absolute atomic E-state index is 0.293. The first kappa shape index (κ1) is 6.98. The number of nitrogen functional groups attached to an aromatic ring is 1. The highest BCUT2D eigenvalue weighted by molar-refractivity contribution is 6.03. The second kappa shape index (κ2) is 4.80. The molecule has 1 aromatic heterocycles. The zero-order valence-corrected chi connectivity index (χ0v) is 10.6. The molecule has 3 rings (SSSR count). The number of aryl methyl sites for hydroxylation is 1. The summed E-state index contributed by atoms with van der Waals surface area (Å²) in [6, 6.07) is -2.04. The van der Waals surface area contributed by atoms with Crippen LogP contribution in [0.15, 0.2) is 22.9 Å². The van der Waals surface area contributed by atoms with Crippen molar-refractivity contribution < 1.29 is 20.6 Å². The van der Waals surface area contributed by atoms with Gasteiger partial charge in [0, 0.05) is 20.3 Å². The third-order valence-corrected chi connectivity index (χ3v) is 3.14. The molecule has 1 aliphatic carbocycles. The number of carbonyl (C=O) groups is 2. The Balaban J connectivity index is 2.49. The van der Waals surface area contributed by atoms with E-state index < -0.39 is 78.2 Å². The molecule has 2 unspecified atom stereocenters. The molecule has 108 valence electrons. The first-order chi connectivity index (χ1) is 13.2. The van der Waals surface area contributed by atoms with Gasteiger partial charge in [0.1, 0.15) is 11.6 Å². The average Bonchev–Trinajstić information content (AvgIpc) is 2.58. The minimum atomic E-state index is -3.07. The van der Waals surface area contributed by atoms with Crippen molar-refractivity contribution in [1.82, 2.24) is 9.55 Å². The number of carbonyl (C=O) groups excluding carboxylic acids is 2. The molecule has 0 amide bonds. The van der Waals surface area contributed by atoms with E-state index in [1.165, 1.54) is 0 Å². The van der Waals surface area contributed by atoms with E-state index in [9.17, 15) is 14.4 Å². The predicted molar refractivity (Wildman–Crippen MR) is 78.1 cm³/mol. The number of fused-ring (bicyclic) bond motifs is 1. The molecule has 2 aromatic rings. The third-order valence-electron chi connectivity index (χ3n) is 3.14. The summed E-state index contributed by atoms with van der Waals surface area (Å²) in [7, 11) is 0. The number of hydrogen-bond donors (Lipinski definition) is 1. The first-order valence-corrected chi connectivity index (χ1v) is 5.99. The topological polar surface area (TPSA) is 95.0 Å². The second-order valence-electron chi connectivity index (χ2n) is 4.52. The predicted octanol–water partition coefficient (Wildman–Crippen LogP) is 1.15. The first-order valence-electron chi connectivity index (χ1n) is 10.1. The number of nitrogens with two attached hydrogens (primary N) is 1. The average molecular weight is 293 g/mol. The molecule has 1 heterocycles. The van der Waals surface area contributed by atoms with Crippen LogP contribution in [0.3, 0.4) is 0 Å². The summed E-state index contributed by atoms with van der Waals surface area (Å²) < 4.78 is 62.8. The molecule has 2 atom stereocenters. The van der Waals surface area contributed by atoms with Crippen molar-refractivity contribution in [2.45, 2.75) is 32.1 Å². The number of anilines is 1. The summed E-state index contributed by atoms with van der Waals surface area (Å²) in [5, 5.41) is -0.443. The lowest BCUT2D eigenvalue weighted by molar-refractivity contribution is -0.132. The molecular formula is C15H15N3O3. The van der Waals surface area contributed by atoms with Gasteiger partial charge in [-0.05, 0) is 25.3 Å². The summed E-state index contributed by atoms with van der Waals surface area (Å²) in [6.45, 7) is -3.07. The van der Waals surface area contributed by atoms with Gasteiger partial charge in [0.05, 0.1) is 26.1 Å². The minimum Gasteiger partial charge on any atom is -0.398 e. The maximum Gasteiger partial charge on any atom is 0.264 e. The number of ketones is 2. The van der Waals surface area contributed by atoms with Crippen LogP contribution >= 0.6 is 0 Å². The van der Waals surface area contributed by atoms with Gasteiger partial charge in [-0.15, -0.1) is 0 Å². The van der Waals surface area contributed by atoms with Gasteiger partial charge in [0.15, 0.2) is 5.78 Å². The standard InChI is InChI=1S/C15H15N3O3/c1-8-17-11-4-2-3-10(16)14(11)15(21)18(8)12-6-5-9(19)7-13(12)20/h2-4,12H,5-7,16H2,1H3/i1D3,2D,3D,5D,6D2. The SMILES string of the molecule is [2H]c1cc2nc(C([2H])([2H])[2H])n(C3C(=O)CC(=O)C([2H])C3([2H])[2H])c(=O)c2c(N)c1[2H]. The molecule has 6 heteroatoms. The molecule has 0 bridgehead atoms. The Kier molecular flexibility index (Phi) is 1.59. The van der Waals surface area contributed by atoms with Gasteiger partial charge in [-0.3, -0.25) is 19.0 Å². The highest BCUT2D eigenvalue weighted by Gasteiger charge is 2.30. The third kappa shape index (κ3) is 2.12. The van der Waals surface area contributed by atoms with Crippen molar-refractivity contribution in [2.24, 2.45) is 0 Å². The second-order valence-corrected chi connectivity index (χ2v) is 4.52. The lowest BCUT2D eigenvalue weighted by Gasteiger charge is -2.24.